The van der Waals surface area contributed by atoms with Crippen LogP contribution in [0.25, 0.3) is 0 Å². The minimum Gasteiger partial charge on any atom is -0.343 e. The molecule has 2 saturated heterocycles. The summed E-state index contributed by atoms with van der Waals surface area (Å²) in [5.41, 5.74) is 0. The summed E-state index contributed by atoms with van der Waals surface area (Å²) in [6.45, 7) is 5.15. The maximum atomic E-state index is 12.5. The van der Waals surface area contributed by atoms with E-state index in [0.29, 0.717) is 24.4 Å². The summed E-state index contributed by atoms with van der Waals surface area (Å²) in [5.74, 6) is 2.52. The topological polar surface area (TPSA) is 53.4 Å². The summed E-state index contributed by atoms with van der Waals surface area (Å²) < 4.78 is 1.98. The van der Waals surface area contributed by atoms with Gasteiger partial charge in [-0.15, -0.1) is 0 Å². The van der Waals surface area contributed by atoms with Gasteiger partial charge < -0.3 is 15.1 Å². The van der Waals surface area contributed by atoms with Gasteiger partial charge in [-0.2, -0.15) is 16.9 Å². The number of nitrogens with one attached hydrogen (secondary N) is 1. The molecule has 0 aliphatic carbocycles. The van der Waals surface area contributed by atoms with Crippen LogP contribution < -0.4 is 5.32 Å². The number of hydrogen-bond acceptors (Lipinski definition) is 5. The molecule has 0 spiro atoms. The summed E-state index contributed by atoms with van der Waals surface area (Å²) in [6, 6.07) is 2.72. The van der Waals surface area contributed by atoms with Gasteiger partial charge in [0.2, 0.25) is 5.91 Å². The molecule has 0 bridgehead atoms. The third-order valence-electron chi connectivity index (χ3n) is 5.12. The van der Waals surface area contributed by atoms with Crippen LogP contribution in [0.4, 0.5) is 0 Å². The molecule has 1 amide bonds. The van der Waals surface area contributed by atoms with Crippen LogP contribution in [-0.4, -0.2) is 82.3 Å². The van der Waals surface area contributed by atoms with Gasteiger partial charge in [-0.05, 0) is 18.9 Å². The molecule has 6 nitrogen and oxygen atoms in total. The van der Waals surface area contributed by atoms with Crippen molar-refractivity contribution in [2.45, 2.75) is 37.9 Å². The first kappa shape index (κ1) is 17.8. The maximum absolute atomic E-state index is 12.5. The molecule has 2 aliphatic heterocycles. The van der Waals surface area contributed by atoms with Crippen LogP contribution in [0.1, 0.15) is 19.3 Å². The van der Waals surface area contributed by atoms with E-state index in [1.807, 2.05) is 46.9 Å². The van der Waals surface area contributed by atoms with Crippen molar-refractivity contribution in [2.75, 3.05) is 44.7 Å². The molecular weight excluding hydrogens is 322 g/mol. The molecule has 1 N–H and O–H groups in total. The lowest BCUT2D eigenvalue weighted by atomic mass is 10.0. The van der Waals surface area contributed by atoms with Gasteiger partial charge >= 0.3 is 0 Å². The number of rotatable bonds is 6. The number of nitrogens with zero attached hydrogens (tertiary/aromatic N) is 4. The zero-order valence-electron chi connectivity index (χ0n) is 14.6. The van der Waals surface area contributed by atoms with Crippen LogP contribution in [0.2, 0.25) is 0 Å². The van der Waals surface area contributed by atoms with Gasteiger partial charge in [-0.3, -0.25) is 9.48 Å². The van der Waals surface area contributed by atoms with Crippen molar-refractivity contribution in [3.05, 3.63) is 18.5 Å². The van der Waals surface area contributed by atoms with Crippen molar-refractivity contribution >= 4 is 17.7 Å². The highest BCUT2D eigenvalue weighted by Gasteiger charge is 2.27. The summed E-state index contributed by atoms with van der Waals surface area (Å²) in [4.78, 5) is 17.0. The molecule has 134 valence electrons. The number of piperidine rings is 1. The number of thioether (sulfide) groups is 1. The van der Waals surface area contributed by atoms with E-state index in [9.17, 15) is 4.79 Å². The Morgan fingerprint density at radius 3 is 2.88 bits per heavy atom. The minimum absolute atomic E-state index is 0.296. The number of carbonyl (C=O) groups excluding carboxylic acids is 1. The highest BCUT2D eigenvalue weighted by Crippen LogP contribution is 2.18. The third kappa shape index (κ3) is 4.97. The molecule has 3 rings (SSSR count). The molecule has 2 fully saturated rings. The van der Waals surface area contributed by atoms with Gasteiger partial charge in [-0.1, -0.05) is 0 Å². The van der Waals surface area contributed by atoms with Gasteiger partial charge in [0, 0.05) is 75.6 Å². The van der Waals surface area contributed by atoms with Crippen LogP contribution in [0.15, 0.2) is 18.5 Å². The monoisotopic (exact) mass is 351 g/mol. The zero-order chi connectivity index (χ0) is 16.8. The van der Waals surface area contributed by atoms with Crippen molar-refractivity contribution in [3.63, 3.8) is 0 Å². The summed E-state index contributed by atoms with van der Waals surface area (Å²) in [5, 5.41) is 7.71. The van der Waals surface area contributed by atoms with Crippen LogP contribution in [0, 0.1) is 0 Å². The molecule has 2 aliphatic rings. The zero-order valence-corrected chi connectivity index (χ0v) is 15.4. The highest BCUT2D eigenvalue weighted by molar-refractivity contribution is 7.99. The Kier molecular flexibility index (Phi) is 6.57. The number of carbonyl (C=O) groups is 1. The molecule has 24 heavy (non-hydrogen) atoms. The summed E-state index contributed by atoms with van der Waals surface area (Å²) in [6.07, 6.45) is 6.63. The third-order valence-corrected chi connectivity index (χ3v) is 6.25. The summed E-state index contributed by atoms with van der Waals surface area (Å²) >= 11 is 1.95. The first-order chi connectivity index (χ1) is 11.7. The van der Waals surface area contributed by atoms with E-state index < -0.39 is 0 Å². The van der Waals surface area contributed by atoms with Crippen molar-refractivity contribution in [3.8, 4) is 0 Å². The second-order valence-electron chi connectivity index (χ2n) is 6.78. The van der Waals surface area contributed by atoms with Crippen molar-refractivity contribution in [1.82, 2.24) is 24.9 Å². The predicted molar refractivity (Wildman–Crippen MR) is 98.2 cm³/mol. The van der Waals surface area contributed by atoms with E-state index in [2.05, 4.69) is 15.3 Å². The average molecular weight is 352 g/mol. The summed E-state index contributed by atoms with van der Waals surface area (Å²) in [7, 11) is 1.99. The predicted octanol–water partition coefficient (Wildman–Crippen LogP) is 0.901. The maximum Gasteiger partial charge on any atom is 0.224 e. The lowest BCUT2D eigenvalue weighted by Gasteiger charge is -2.37. The second-order valence-corrected chi connectivity index (χ2v) is 7.93. The van der Waals surface area contributed by atoms with Crippen LogP contribution in [-0.2, 0) is 11.3 Å². The number of likely N-dealkylation sites (tertiary alicyclic amines) is 1. The van der Waals surface area contributed by atoms with E-state index >= 15 is 0 Å². The Morgan fingerprint density at radius 2 is 2.21 bits per heavy atom. The van der Waals surface area contributed by atoms with Crippen molar-refractivity contribution < 1.29 is 4.79 Å². The second kappa shape index (κ2) is 8.87. The van der Waals surface area contributed by atoms with Gasteiger partial charge in [0.15, 0.2) is 0 Å². The fourth-order valence-electron chi connectivity index (χ4n) is 3.52. The van der Waals surface area contributed by atoms with E-state index in [1.165, 1.54) is 0 Å². The van der Waals surface area contributed by atoms with E-state index in [4.69, 9.17) is 0 Å². The van der Waals surface area contributed by atoms with Crippen LogP contribution in [0.3, 0.4) is 0 Å². The normalized spacial score (nSPS) is 23.3. The Morgan fingerprint density at radius 1 is 1.38 bits per heavy atom. The molecule has 0 aromatic carbocycles. The fraction of sp³-hybridized carbons (Fsp3) is 0.765. The average Bonchev–Trinajstić information content (AvgIpc) is 3.14. The number of hydrogen-bond donors (Lipinski definition) is 1. The fourth-order valence-corrected chi connectivity index (χ4v) is 4.47. The lowest BCUT2D eigenvalue weighted by Crippen LogP contribution is -2.48. The first-order valence-electron chi connectivity index (χ1n) is 8.99. The molecule has 7 heteroatoms. The van der Waals surface area contributed by atoms with Gasteiger partial charge in [-0.25, -0.2) is 0 Å². The number of aromatic nitrogens is 2. The van der Waals surface area contributed by atoms with Crippen molar-refractivity contribution in [2.24, 2.45) is 0 Å². The Hall–Kier alpha value is -1.05. The largest absolute Gasteiger partial charge is 0.343 e. The van der Waals surface area contributed by atoms with Gasteiger partial charge in [0.25, 0.3) is 0 Å². The van der Waals surface area contributed by atoms with E-state index in [-0.39, 0.29) is 0 Å². The van der Waals surface area contributed by atoms with Crippen LogP contribution in [0.5, 0.6) is 0 Å². The molecule has 1 atom stereocenters. The SMILES string of the molecule is CN(C(=O)CC1CSCCN1)C1CCN(CCn2cccn2)CC1. The molecule has 0 saturated carbocycles. The quantitative estimate of drug-likeness (QED) is 0.825. The molecule has 1 unspecified atom stereocenters. The van der Waals surface area contributed by atoms with Crippen LogP contribution >= 0.6 is 11.8 Å². The first-order valence-corrected chi connectivity index (χ1v) is 10.1. The highest BCUT2D eigenvalue weighted by atomic mass is 32.2. The van der Waals surface area contributed by atoms with Gasteiger partial charge in [0.1, 0.15) is 0 Å². The molecule has 0 radical (unpaired) electrons. The lowest BCUT2D eigenvalue weighted by molar-refractivity contribution is -0.133. The molecular formula is C17H29N5OS. The Labute approximate surface area is 148 Å². The molecule has 1 aromatic rings. The standard InChI is InChI=1S/C17H29N5OS/c1-20(17(23)13-15-14-24-12-6-18-15)16-3-8-21(9-4-16)10-11-22-7-2-5-19-22/h2,5,7,15-16,18H,3-4,6,8-14H2,1H3. The van der Waals surface area contributed by atoms with E-state index in [0.717, 1.165) is 57.1 Å². The van der Waals surface area contributed by atoms with E-state index in [1.54, 1.807) is 0 Å². The Balaban J connectivity index is 1.37. The molecule has 1 aromatic heterocycles. The van der Waals surface area contributed by atoms with Gasteiger partial charge in [0.05, 0.1) is 6.54 Å². The minimum atomic E-state index is 0.296. The molecule has 3 heterocycles. The van der Waals surface area contributed by atoms with Crippen molar-refractivity contribution in [1.29, 1.82) is 0 Å². The smallest absolute Gasteiger partial charge is 0.224 e. The number of amides is 1. The Bertz CT molecular complexity index is 495.